The Bertz CT molecular complexity index is 1440. The van der Waals surface area contributed by atoms with Gasteiger partial charge in [-0.25, -0.2) is 4.98 Å². The predicted octanol–water partition coefficient (Wildman–Crippen LogP) is 4.53. The number of rotatable bonds is 9. The summed E-state index contributed by atoms with van der Waals surface area (Å²) < 4.78 is 10.6. The van der Waals surface area contributed by atoms with Crippen LogP contribution in [0.4, 0.5) is 5.13 Å². The highest BCUT2D eigenvalue weighted by Gasteiger charge is 2.59. The molecular weight excluding hydrogens is 554 g/mol. The van der Waals surface area contributed by atoms with Gasteiger partial charge < -0.3 is 25.0 Å². The van der Waals surface area contributed by atoms with E-state index in [0.29, 0.717) is 48.0 Å². The number of thiazole rings is 1. The highest BCUT2D eigenvalue weighted by atomic mass is 32.1. The summed E-state index contributed by atoms with van der Waals surface area (Å²) in [6.07, 6.45) is 1.38. The van der Waals surface area contributed by atoms with Crippen LogP contribution in [0.2, 0.25) is 0 Å². The minimum absolute atomic E-state index is 0.0798. The average Bonchev–Trinajstić information content (AvgIpc) is 3.41. The Kier molecular flexibility index (Phi) is 8.59. The van der Waals surface area contributed by atoms with Crippen molar-refractivity contribution in [3.63, 3.8) is 0 Å². The van der Waals surface area contributed by atoms with Crippen molar-refractivity contribution >= 4 is 28.3 Å². The zero-order chi connectivity index (χ0) is 30.1. The molecule has 4 N–H and O–H groups in total. The number of anilines is 1. The molecule has 2 aromatic carbocycles. The van der Waals surface area contributed by atoms with Gasteiger partial charge in [-0.3, -0.25) is 14.9 Å². The van der Waals surface area contributed by atoms with Crippen LogP contribution in [0.1, 0.15) is 65.5 Å². The van der Waals surface area contributed by atoms with Gasteiger partial charge >= 0.3 is 0 Å². The quantitative estimate of drug-likeness (QED) is 0.287. The molecule has 0 radical (unpaired) electrons. The highest BCUT2D eigenvalue weighted by Crippen LogP contribution is 2.62. The third-order valence-corrected chi connectivity index (χ3v) is 10.5. The molecular formula is C32H39N3O6S. The molecule has 5 rings (SSSR count). The molecule has 0 bridgehead atoms. The summed E-state index contributed by atoms with van der Waals surface area (Å²) in [5.41, 5.74) is 1.05. The number of methoxy groups -OCH3 is 2. The lowest BCUT2D eigenvalue weighted by atomic mass is 9.47. The number of benzene rings is 2. The first-order chi connectivity index (χ1) is 20.1. The zero-order valence-electron chi connectivity index (χ0n) is 24.5. The lowest BCUT2D eigenvalue weighted by Gasteiger charge is -2.58. The number of carbonyl (C=O) groups is 2. The van der Waals surface area contributed by atoms with E-state index in [4.69, 9.17) is 14.5 Å². The maximum Gasteiger partial charge on any atom is 0.257 e. The molecule has 2 aliphatic carbocycles. The SMILES string of the molecule is COc1ccc(C(=O)Nc2nc3c(s2)CC2C(C)(CO)C(O)CCC2(C)C3CC(=O)NCc2ccccc2OC)cc1. The second kappa shape index (κ2) is 12.0. The van der Waals surface area contributed by atoms with Gasteiger partial charge in [0, 0.05) is 40.3 Å². The first-order valence-corrected chi connectivity index (χ1v) is 15.1. The molecule has 2 amide bonds. The second-order valence-electron chi connectivity index (χ2n) is 11.8. The smallest absolute Gasteiger partial charge is 0.257 e. The fraction of sp³-hybridized carbons (Fsp3) is 0.469. The van der Waals surface area contributed by atoms with Gasteiger partial charge in [0.25, 0.3) is 5.91 Å². The number of nitrogens with zero attached hydrogens (tertiary/aromatic N) is 1. The van der Waals surface area contributed by atoms with Crippen LogP contribution < -0.4 is 20.1 Å². The van der Waals surface area contributed by atoms with Crippen LogP contribution in [0.3, 0.4) is 0 Å². The molecule has 0 spiro atoms. The minimum atomic E-state index is -0.729. The van der Waals surface area contributed by atoms with E-state index in [-0.39, 0.29) is 36.7 Å². The molecule has 2 aliphatic rings. The summed E-state index contributed by atoms with van der Waals surface area (Å²) in [7, 11) is 3.18. The molecule has 224 valence electrons. The number of aliphatic hydroxyl groups is 2. The van der Waals surface area contributed by atoms with E-state index in [9.17, 15) is 19.8 Å². The molecule has 42 heavy (non-hydrogen) atoms. The number of amides is 2. The first-order valence-electron chi connectivity index (χ1n) is 14.3. The van der Waals surface area contributed by atoms with Crippen molar-refractivity contribution in [3.05, 3.63) is 70.2 Å². The molecule has 5 unspecified atom stereocenters. The Labute approximate surface area is 250 Å². The summed E-state index contributed by atoms with van der Waals surface area (Å²) >= 11 is 1.40. The van der Waals surface area contributed by atoms with E-state index < -0.39 is 16.9 Å². The number of hydrogen-bond donors (Lipinski definition) is 4. The van der Waals surface area contributed by atoms with Crippen molar-refractivity contribution in [3.8, 4) is 11.5 Å². The number of hydrogen-bond acceptors (Lipinski definition) is 8. The number of fused-ring (bicyclic) bond motifs is 2. The number of aromatic nitrogens is 1. The third kappa shape index (κ3) is 5.50. The summed E-state index contributed by atoms with van der Waals surface area (Å²) in [5.74, 6) is 0.630. The lowest BCUT2D eigenvalue weighted by Crippen LogP contribution is -2.57. The van der Waals surface area contributed by atoms with E-state index >= 15 is 0 Å². The van der Waals surface area contributed by atoms with Crippen molar-refractivity contribution in [2.75, 3.05) is 26.1 Å². The second-order valence-corrected chi connectivity index (χ2v) is 12.9. The Morgan fingerprint density at radius 1 is 1.10 bits per heavy atom. The number of carbonyl (C=O) groups excluding carboxylic acids is 2. The first kappa shape index (κ1) is 30.0. The largest absolute Gasteiger partial charge is 0.497 e. The van der Waals surface area contributed by atoms with Crippen molar-refractivity contribution in [2.45, 2.75) is 58.1 Å². The number of ether oxygens (including phenoxy) is 2. The average molecular weight is 594 g/mol. The van der Waals surface area contributed by atoms with E-state index in [2.05, 4.69) is 17.6 Å². The van der Waals surface area contributed by atoms with Crippen LogP contribution in [0, 0.1) is 16.7 Å². The summed E-state index contributed by atoms with van der Waals surface area (Å²) in [5, 5.41) is 28.0. The van der Waals surface area contributed by atoms with Gasteiger partial charge in [-0.15, -0.1) is 11.3 Å². The Balaban J connectivity index is 1.43. The number of nitrogens with one attached hydrogen (secondary N) is 2. The van der Waals surface area contributed by atoms with Crippen molar-refractivity contribution in [2.24, 2.45) is 16.7 Å². The van der Waals surface area contributed by atoms with Gasteiger partial charge in [0.2, 0.25) is 5.91 Å². The molecule has 1 heterocycles. The normalized spacial score (nSPS) is 26.5. The van der Waals surface area contributed by atoms with Gasteiger partial charge in [0.05, 0.1) is 32.6 Å². The van der Waals surface area contributed by atoms with Crippen LogP contribution in [0.5, 0.6) is 11.5 Å². The molecule has 9 nitrogen and oxygen atoms in total. The number of para-hydroxylation sites is 1. The lowest BCUT2D eigenvalue weighted by molar-refractivity contribution is -0.144. The van der Waals surface area contributed by atoms with Gasteiger partial charge in [0.1, 0.15) is 11.5 Å². The van der Waals surface area contributed by atoms with Gasteiger partial charge in [-0.05, 0) is 60.9 Å². The fourth-order valence-corrected chi connectivity index (χ4v) is 7.97. The molecule has 10 heteroatoms. The molecule has 3 aromatic rings. The molecule has 1 aromatic heterocycles. The van der Waals surface area contributed by atoms with Crippen molar-refractivity contribution in [1.29, 1.82) is 0 Å². The Morgan fingerprint density at radius 3 is 2.52 bits per heavy atom. The van der Waals surface area contributed by atoms with Crippen LogP contribution in [-0.4, -0.2) is 53.9 Å². The minimum Gasteiger partial charge on any atom is -0.497 e. The molecule has 0 saturated heterocycles. The number of aliphatic hydroxyl groups excluding tert-OH is 2. The Hall–Kier alpha value is -3.47. The molecule has 5 atom stereocenters. The summed E-state index contributed by atoms with van der Waals surface area (Å²) in [6, 6.07) is 14.4. The maximum absolute atomic E-state index is 13.5. The molecule has 1 fully saturated rings. The third-order valence-electron chi connectivity index (χ3n) is 9.52. The predicted molar refractivity (Wildman–Crippen MR) is 161 cm³/mol. The van der Waals surface area contributed by atoms with Crippen LogP contribution in [0.25, 0.3) is 0 Å². The Morgan fingerprint density at radius 2 is 1.83 bits per heavy atom. The molecule has 1 saturated carbocycles. The zero-order valence-corrected chi connectivity index (χ0v) is 25.3. The van der Waals surface area contributed by atoms with Gasteiger partial charge in [0.15, 0.2) is 5.13 Å². The van der Waals surface area contributed by atoms with E-state index in [1.165, 1.54) is 11.3 Å². The topological polar surface area (TPSA) is 130 Å². The van der Waals surface area contributed by atoms with E-state index in [1.807, 2.05) is 31.2 Å². The van der Waals surface area contributed by atoms with Crippen LogP contribution >= 0.6 is 11.3 Å². The fourth-order valence-electron chi connectivity index (χ4n) is 6.91. The van der Waals surface area contributed by atoms with Crippen molar-refractivity contribution < 1.29 is 29.3 Å². The van der Waals surface area contributed by atoms with Crippen LogP contribution in [0.15, 0.2) is 48.5 Å². The van der Waals surface area contributed by atoms with Gasteiger partial charge in [-0.1, -0.05) is 32.0 Å². The standard InChI is InChI=1S/C32H39N3O6S/c1-31-14-13-26(37)32(2,18-36)25(31)16-24-28(22(31)15-27(38)33-17-20-7-5-6-8-23(20)41-4)34-30(42-24)35-29(39)19-9-11-21(40-3)12-10-19/h5-12,22,25-26,36-37H,13-18H2,1-4H3,(H,33,38)(H,34,35,39). The molecule has 0 aliphatic heterocycles. The van der Waals surface area contributed by atoms with E-state index in [1.54, 1.807) is 38.5 Å². The highest BCUT2D eigenvalue weighted by molar-refractivity contribution is 7.15. The van der Waals surface area contributed by atoms with Crippen molar-refractivity contribution in [1.82, 2.24) is 10.3 Å². The summed E-state index contributed by atoms with van der Waals surface area (Å²) in [6.45, 7) is 4.27. The van der Waals surface area contributed by atoms with Crippen LogP contribution in [-0.2, 0) is 17.8 Å². The monoisotopic (exact) mass is 593 g/mol. The maximum atomic E-state index is 13.5. The summed E-state index contributed by atoms with van der Waals surface area (Å²) in [4.78, 5) is 32.4. The van der Waals surface area contributed by atoms with E-state index in [0.717, 1.165) is 16.1 Å². The van der Waals surface area contributed by atoms with Gasteiger partial charge in [-0.2, -0.15) is 0 Å².